The van der Waals surface area contributed by atoms with Crippen molar-refractivity contribution >= 4 is 11.0 Å². The van der Waals surface area contributed by atoms with Gasteiger partial charge in [0.05, 0.1) is 0 Å². The fourth-order valence-corrected chi connectivity index (χ4v) is 1.95. The van der Waals surface area contributed by atoms with Crippen LogP contribution >= 0.6 is 0 Å². The summed E-state index contributed by atoms with van der Waals surface area (Å²) in [7, 11) is 0. The van der Waals surface area contributed by atoms with E-state index in [4.69, 9.17) is 0 Å². The quantitative estimate of drug-likeness (QED) is 0.728. The molecule has 0 bridgehead atoms. The summed E-state index contributed by atoms with van der Waals surface area (Å²) in [6, 6.07) is 8.01. The van der Waals surface area contributed by atoms with E-state index in [9.17, 15) is 13.2 Å². The molecule has 6 heteroatoms. The van der Waals surface area contributed by atoms with Crippen LogP contribution in [0, 0.1) is 0 Å². The van der Waals surface area contributed by atoms with E-state index in [1.165, 1.54) is 12.1 Å². The molecule has 3 rings (SSSR count). The summed E-state index contributed by atoms with van der Waals surface area (Å²) in [6.07, 6.45) is -1.77. The lowest BCUT2D eigenvalue weighted by Gasteiger charge is -2.09. The van der Waals surface area contributed by atoms with Crippen LogP contribution in [0.1, 0.15) is 5.69 Å². The van der Waals surface area contributed by atoms with Crippen molar-refractivity contribution in [3.8, 4) is 11.3 Å². The molecule has 0 atom stereocenters. The lowest BCUT2D eigenvalue weighted by atomic mass is 10.1. The summed E-state index contributed by atoms with van der Waals surface area (Å²) in [5.41, 5.74) is 0.0261. The van der Waals surface area contributed by atoms with Crippen LogP contribution in [-0.4, -0.2) is 15.0 Å². The van der Waals surface area contributed by atoms with Gasteiger partial charge in [-0.25, -0.2) is 4.98 Å². The van der Waals surface area contributed by atoms with Gasteiger partial charge in [-0.1, -0.05) is 0 Å². The Hall–Kier alpha value is -2.37. The summed E-state index contributed by atoms with van der Waals surface area (Å²) in [5, 5.41) is 0.759. The molecule has 3 aromatic rings. The van der Waals surface area contributed by atoms with Gasteiger partial charge in [0.1, 0.15) is 5.65 Å². The van der Waals surface area contributed by atoms with Crippen LogP contribution in [0.3, 0.4) is 0 Å². The van der Waals surface area contributed by atoms with Crippen molar-refractivity contribution in [2.75, 3.05) is 0 Å². The van der Waals surface area contributed by atoms with E-state index in [1.54, 1.807) is 24.4 Å². The Labute approximate surface area is 106 Å². The van der Waals surface area contributed by atoms with Crippen LogP contribution in [0.5, 0.6) is 0 Å². The molecular formula is C13H8F3N3. The van der Waals surface area contributed by atoms with E-state index in [2.05, 4.69) is 15.0 Å². The van der Waals surface area contributed by atoms with Crippen LogP contribution in [0.2, 0.25) is 0 Å². The van der Waals surface area contributed by atoms with Gasteiger partial charge in [0.2, 0.25) is 0 Å². The number of rotatable bonds is 1. The molecule has 0 radical (unpaired) electrons. The summed E-state index contributed by atoms with van der Waals surface area (Å²) in [4.78, 5) is 10.4. The van der Waals surface area contributed by atoms with Gasteiger partial charge in [-0.2, -0.15) is 13.2 Å². The van der Waals surface area contributed by atoms with Crippen molar-refractivity contribution < 1.29 is 13.2 Å². The highest BCUT2D eigenvalue weighted by Gasteiger charge is 2.35. The van der Waals surface area contributed by atoms with E-state index in [1.807, 2.05) is 0 Å². The molecule has 0 unspecified atom stereocenters. The van der Waals surface area contributed by atoms with Gasteiger partial charge in [-0.15, -0.1) is 0 Å². The second kappa shape index (κ2) is 4.08. The maximum Gasteiger partial charge on any atom is 0.434 e. The smallest absolute Gasteiger partial charge is 0.339 e. The SMILES string of the molecule is FC(F)(F)c1ncccc1-c1cc2cccnc2[nH]1. The molecule has 0 amide bonds. The first-order valence-electron chi connectivity index (χ1n) is 5.52. The number of pyridine rings is 2. The van der Waals surface area contributed by atoms with Gasteiger partial charge in [-0.05, 0) is 30.3 Å². The highest BCUT2D eigenvalue weighted by atomic mass is 19.4. The van der Waals surface area contributed by atoms with Gasteiger partial charge in [0.15, 0.2) is 5.69 Å². The van der Waals surface area contributed by atoms with Crippen molar-refractivity contribution in [2.45, 2.75) is 6.18 Å². The minimum Gasteiger partial charge on any atom is -0.339 e. The molecule has 0 aromatic carbocycles. The Morgan fingerprint density at radius 2 is 1.74 bits per heavy atom. The zero-order valence-electron chi connectivity index (χ0n) is 9.57. The van der Waals surface area contributed by atoms with E-state index in [0.29, 0.717) is 11.3 Å². The van der Waals surface area contributed by atoms with Crippen LogP contribution in [0.4, 0.5) is 13.2 Å². The van der Waals surface area contributed by atoms with E-state index < -0.39 is 11.9 Å². The summed E-state index contributed by atoms with van der Waals surface area (Å²) in [5.74, 6) is 0. The second-order valence-electron chi connectivity index (χ2n) is 4.02. The van der Waals surface area contributed by atoms with Gasteiger partial charge < -0.3 is 4.98 Å². The van der Waals surface area contributed by atoms with Crippen LogP contribution in [-0.2, 0) is 6.18 Å². The molecule has 96 valence electrons. The van der Waals surface area contributed by atoms with E-state index in [0.717, 1.165) is 11.6 Å². The minimum atomic E-state index is -4.48. The van der Waals surface area contributed by atoms with E-state index >= 15 is 0 Å². The maximum atomic E-state index is 12.9. The first-order chi connectivity index (χ1) is 9.05. The third-order valence-corrected chi connectivity index (χ3v) is 2.76. The average molecular weight is 263 g/mol. The van der Waals surface area contributed by atoms with Gasteiger partial charge in [0, 0.05) is 29.0 Å². The molecule has 1 N–H and O–H groups in total. The van der Waals surface area contributed by atoms with Crippen LogP contribution < -0.4 is 0 Å². The number of aromatic amines is 1. The lowest BCUT2D eigenvalue weighted by Crippen LogP contribution is -2.09. The van der Waals surface area contributed by atoms with Crippen molar-refractivity contribution in [3.63, 3.8) is 0 Å². The van der Waals surface area contributed by atoms with Gasteiger partial charge in [-0.3, -0.25) is 4.98 Å². The molecule has 0 aliphatic heterocycles. The number of alkyl halides is 3. The third-order valence-electron chi connectivity index (χ3n) is 2.76. The largest absolute Gasteiger partial charge is 0.434 e. The molecule has 0 saturated heterocycles. The monoisotopic (exact) mass is 263 g/mol. The van der Waals surface area contributed by atoms with Crippen molar-refractivity contribution in [1.82, 2.24) is 15.0 Å². The Balaban J connectivity index is 2.22. The Morgan fingerprint density at radius 3 is 2.47 bits per heavy atom. The Morgan fingerprint density at radius 1 is 1.00 bits per heavy atom. The second-order valence-corrected chi connectivity index (χ2v) is 4.02. The first kappa shape index (κ1) is 11.7. The Kier molecular flexibility index (Phi) is 2.51. The highest BCUT2D eigenvalue weighted by Crippen LogP contribution is 2.35. The zero-order chi connectivity index (χ0) is 13.5. The Bertz CT molecular complexity index is 698. The molecular weight excluding hydrogens is 255 g/mol. The number of hydrogen-bond donors (Lipinski definition) is 1. The summed E-state index contributed by atoms with van der Waals surface area (Å²) >= 11 is 0. The highest BCUT2D eigenvalue weighted by molar-refractivity contribution is 5.83. The van der Waals surface area contributed by atoms with Crippen molar-refractivity contribution in [1.29, 1.82) is 0 Å². The third kappa shape index (κ3) is 2.05. The molecule has 0 spiro atoms. The van der Waals surface area contributed by atoms with Crippen LogP contribution in [0.25, 0.3) is 22.3 Å². The van der Waals surface area contributed by atoms with Gasteiger partial charge >= 0.3 is 6.18 Å². The number of fused-ring (bicyclic) bond motifs is 1. The fourth-order valence-electron chi connectivity index (χ4n) is 1.95. The zero-order valence-corrected chi connectivity index (χ0v) is 9.57. The van der Waals surface area contributed by atoms with Crippen LogP contribution in [0.15, 0.2) is 42.7 Å². The molecule has 0 saturated carbocycles. The fraction of sp³-hybridized carbons (Fsp3) is 0.0769. The number of nitrogens with zero attached hydrogens (tertiary/aromatic N) is 2. The number of hydrogen-bond acceptors (Lipinski definition) is 2. The molecule has 0 aliphatic rings. The minimum absolute atomic E-state index is 0.0213. The number of aromatic nitrogens is 3. The topological polar surface area (TPSA) is 41.6 Å². The molecule has 19 heavy (non-hydrogen) atoms. The summed E-state index contributed by atoms with van der Waals surface area (Å²) < 4.78 is 38.7. The molecule has 3 heterocycles. The van der Waals surface area contributed by atoms with Gasteiger partial charge in [0.25, 0.3) is 0 Å². The number of H-pyrrole nitrogens is 1. The maximum absolute atomic E-state index is 12.9. The first-order valence-corrected chi connectivity index (χ1v) is 5.52. The predicted molar refractivity (Wildman–Crippen MR) is 64.3 cm³/mol. The predicted octanol–water partition coefficient (Wildman–Crippen LogP) is 3.64. The van der Waals surface area contributed by atoms with Crippen molar-refractivity contribution in [3.05, 3.63) is 48.4 Å². The average Bonchev–Trinajstić information content (AvgIpc) is 2.81. The standard InChI is InChI=1S/C13H8F3N3/c14-13(15,16)11-9(4-2-5-17-11)10-7-8-3-1-6-18-12(8)19-10/h1-7H,(H,18,19). The lowest BCUT2D eigenvalue weighted by molar-refractivity contribution is -0.140. The number of halogens is 3. The molecule has 0 aliphatic carbocycles. The molecule has 0 fully saturated rings. The summed E-state index contributed by atoms with van der Waals surface area (Å²) in [6.45, 7) is 0. The number of nitrogens with one attached hydrogen (secondary N) is 1. The van der Waals surface area contributed by atoms with E-state index in [-0.39, 0.29) is 5.56 Å². The molecule has 3 aromatic heterocycles. The molecule has 3 nitrogen and oxygen atoms in total. The van der Waals surface area contributed by atoms with Crippen molar-refractivity contribution in [2.24, 2.45) is 0 Å². The normalized spacial score (nSPS) is 11.9.